The quantitative estimate of drug-likeness (QED) is 0.578. The van der Waals surface area contributed by atoms with Crippen LogP contribution in [0.25, 0.3) is 0 Å². The fourth-order valence-corrected chi connectivity index (χ4v) is 1.06. The average molecular weight is 164 g/mol. The van der Waals surface area contributed by atoms with Crippen molar-refractivity contribution in [2.45, 2.75) is 26.8 Å². The fraction of sp³-hybridized carbons (Fsp3) is 0.857. The molecule has 0 rings (SSSR count). The molecule has 0 heterocycles. The van der Waals surface area contributed by atoms with Crippen LogP contribution in [0.4, 0.5) is 0 Å². The summed E-state index contributed by atoms with van der Waals surface area (Å²) in [7, 11) is 0. The van der Waals surface area contributed by atoms with Gasteiger partial charge in [0, 0.05) is 12.6 Å². The molecule has 0 radical (unpaired) electrons. The Bertz CT molecular complexity index is 114. The fourth-order valence-electron chi connectivity index (χ4n) is 0.906. The van der Waals surface area contributed by atoms with Crippen molar-refractivity contribution in [3.63, 3.8) is 0 Å². The van der Waals surface area contributed by atoms with Crippen molar-refractivity contribution < 1.29 is 4.79 Å². The summed E-state index contributed by atoms with van der Waals surface area (Å²) in [5.41, 5.74) is 0. The van der Waals surface area contributed by atoms with E-state index in [4.69, 9.17) is 11.6 Å². The molecule has 0 saturated carbocycles. The summed E-state index contributed by atoms with van der Waals surface area (Å²) in [5.74, 6) is 0.102. The lowest BCUT2D eigenvalue weighted by Crippen LogP contribution is -2.37. The summed E-state index contributed by atoms with van der Waals surface area (Å²) < 4.78 is 0. The van der Waals surface area contributed by atoms with Crippen LogP contribution in [0, 0.1) is 0 Å². The second-order valence-electron chi connectivity index (χ2n) is 2.41. The standard InChI is InChI=1S/C7H14ClNO/c1-4-9(6(2)3)7(10)5-8/h6H,4-5H2,1-3H3. The summed E-state index contributed by atoms with van der Waals surface area (Å²) >= 11 is 5.38. The van der Waals surface area contributed by atoms with Gasteiger partial charge >= 0.3 is 0 Å². The number of hydrogen-bond donors (Lipinski definition) is 0. The van der Waals surface area contributed by atoms with Crippen LogP contribution in [0.2, 0.25) is 0 Å². The van der Waals surface area contributed by atoms with Gasteiger partial charge in [-0.15, -0.1) is 11.6 Å². The highest BCUT2D eigenvalue weighted by Gasteiger charge is 2.12. The Kier molecular flexibility index (Phi) is 4.45. The average Bonchev–Trinajstić information content (AvgIpc) is 1.88. The Hall–Kier alpha value is -0.240. The van der Waals surface area contributed by atoms with Gasteiger partial charge in [-0.25, -0.2) is 0 Å². The zero-order valence-electron chi connectivity index (χ0n) is 6.72. The van der Waals surface area contributed by atoms with Gasteiger partial charge in [-0.1, -0.05) is 0 Å². The maximum atomic E-state index is 11.0. The van der Waals surface area contributed by atoms with E-state index in [2.05, 4.69) is 0 Å². The summed E-state index contributed by atoms with van der Waals surface area (Å²) in [4.78, 5) is 12.7. The third-order valence-corrected chi connectivity index (χ3v) is 1.63. The van der Waals surface area contributed by atoms with Gasteiger partial charge in [0.2, 0.25) is 5.91 Å². The summed E-state index contributed by atoms with van der Waals surface area (Å²) in [6.07, 6.45) is 0. The summed E-state index contributed by atoms with van der Waals surface area (Å²) in [6.45, 7) is 6.65. The lowest BCUT2D eigenvalue weighted by Gasteiger charge is -2.23. The van der Waals surface area contributed by atoms with Crippen molar-refractivity contribution in [1.29, 1.82) is 0 Å². The van der Waals surface area contributed by atoms with E-state index < -0.39 is 0 Å². The SMILES string of the molecule is CCN(C(=O)CCl)C(C)C. The van der Waals surface area contributed by atoms with Gasteiger partial charge in [0.25, 0.3) is 0 Å². The third-order valence-electron chi connectivity index (χ3n) is 1.40. The molecule has 3 heteroatoms. The number of carbonyl (C=O) groups is 1. The smallest absolute Gasteiger partial charge is 0.237 e. The number of hydrogen-bond acceptors (Lipinski definition) is 1. The Morgan fingerprint density at radius 1 is 1.60 bits per heavy atom. The Morgan fingerprint density at radius 3 is 2.20 bits per heavy atom. The van der Waals surface area contributed by atoms with Crippen LogP contribution in [-0.2, 0) is 4.79 Å². The molecule has 0 aromatic carbocycles. The van der Waals surface area contributed by atoms with Crippen LogP contribution in [0.3, 0.4) is 0 Å². The lowest BCUT2D eigenvalue weighted by molar-refractivity contribution is -0.129. The Balaban J connectivity index is 3.93. The topological polar surface area (TPSA) is 20.3 Å². The van der Waals surface area contributed by atoms with Crippen molar-refractivity contribution in [3.8, 4) is 0 Å². The number of amides is 1. The highest BCUT2D eigenvalue weighted by atomic mass is 35.5. The van der Waals surface area contributed by atoms with Crippen LogP contribution in [0.1, 0.15) is 20.8 Å². The van der Waals surface area contributed by atoms with E-state index in [1.54, 1.807) is 4.90 Å². The minimum absolute atomic E-state index is 0.0131. The van der Waals surface area contributed by atoms with Crippen LogP contribution in [-0.4, -0.2) is 29.3 Å². The number of nitrogens with zero attached hydrogens (tertiary/aromatic N) is 1. The van der Waals surface area contributed by atoms with E-state index in [0.717, 1.165) is 6.54 Å². The second-order valence-corrected chi connectivity index (χ2v) is 2.67. The van der Waals surface area contributed by atoms with Gasteiger partial charge < -0.3 is 4.90 Å². The van der Waals surface area contributed by atoms with Crippen molar-refractivity contribution in [1.82, 2.24) is 4.90 Å². The van der Waals surface area contributed by atoms with E-state index in [9.17, 15) is 4.79 Å². The van der Waals surface area contributed by atoms with Crippen LogP contribution < -0.4 is 0 Å². The molecule has 0 aliphatic carbocycles. The Morgan fingerprint density at radius 2 is 2.10 bits per heavy atom. The molecule has 60 valence electrons. The molecule has 10 heavy (non-hydrogen) atoms. The number of halogens is 1. The van der Waals surface area contributed by atoms with Crippen molar-refractivity contribution in [3.05, 3.63) is 0 Å². The minimum Gasteiger partial charge on any atom is -0.340 e. The highest BCUT2D eigenvalue weighted by molar-refractivity contribution is 6.27. The zero-order chi connectivity index (χ0) is 8.15. The zero-order valence-corrected chi connectivity index (χ0v) is 7.48. The molecule has 0 spiro atoms. The molecule has 0 N–H and O–H groups in total. The van der Waals surface area contributed by atoms with Crippen LogP contribution in [0.5, 0.6) is 0 Å². The molecule has 0 bridgehead atoms. The molecule has 2 nitrogen and oxygen atoms in total. The first kappa shape index (κ1) is 9.76. The summed E-state index contributed by atoms with van der Waals surface area (Å²) in [5, 5.41) is 0. The van der Waals surface area contributed by atoms with Gasteiger partial charge in [-0.3, -0.25) is 4.79 Å². The number of alkyl halides is 1. The number of rotatable bonds is 3. The van der Waals surface area contributed by atoms with Gasteiger partial charge in [-0.05, 0) is 20.8 Å². The number of carbonyl (C=O) groups excluding carboxylic acids is 1. The molecule has 0 aromatic rings. The molecule has 0 fully saturated rings. The molecular formula is C7H14ClNO. The third kappa shape index (κ3) is 2.56. The van der Waals surface area contributed by atoms with E-state index in [1.165, 1.54) is 0 Å². The molecule has 0 saturated heterocycles. The van der Waals surface area contributed by atoms with E-state index in [-0.39, 0.29) is 17.8 Å². The largest absolute Gasteiger partial charge is 0.340 e. The molecule has 0 unspecified atom stereocenters. The van der Waals surface area contributed by atoms with Crippen LogP contribution in [0.15, 0.2) is 0 Å². The maximum absolute atomic E-state index is 11.0. The van der Waals surface area contributed by atoms with Crippen molar-refractivity contribution in [2.75, 3.05) is 12.4 Å². The predicted molar refractivity (Wildman–Crippen MR) is 43.2 cm³/mol. The first-order valence-corrected chi connectivity index (χ1v) is 4.02. The van der Waals surface area contributed by atoms with Gasteiger partial charge in [0.05, 0.1) is 0 Å². The molecule has 0 aromatic heterocycles. The van der Waals surface area contributed by atoms with Crippen LogP contribution >= 0.6 is 11.6 Å². The van der Waals surface area contributed by atoms with Crippen molar-refractivity contribution >= 4 is 17.5 Å². The molecule has 0 atom stereocenters. The summed E-state index contributed by atoms with van der Waals surface area (Å²) in [6, 6.07) is 0.260. The van der Waals surface area contributed by atoms with Gasteiger partial charge in [-0.2, -0.15) is 0 Å². The van der Waals surface area contributed by atoms with E-state index >= 15 is 0 Å². The first-order chi connectivity index (χ1) is 4.63. The highest BCUT2D eigenvalue weighted by Crippen LogP contribution is 1.98. The predicted octanol–water partition coefficient (Wildman–Crippen LogP) is 1.48. The van der Waals surface area contributed by atoms with E-state index in [0.29, 0.717) is 0 Å². The monoisotopic (exact) mass is 163 g/mol. The lowest BCUT2D eigenvalue weighted by atomic mass is 10.3. The first-order valence-electron chi connectivity index (χ1n) is 3.48. The minimum atomic E-state index is 0.0131. The Labute approximate surface area is 67.2 Å². The normalized spacial score (nSPS) is 10.1. The molecular weight excluding hydrogens is 150 g/mol. The van der Waals surface area contributed by atoms with Crippen molar-refractivity contribution in [2.24, 2.45) is 0 Å². The maximum Gasteiger partial charge on any atom is 0.237 e. The molecule has 0 aliphatic rings. The van der Waals surface area contributed by atoms with E-state index in [1.807, 2.05) is 20.8 Å². The molecule has 0 aliphatic heterocycles. The molecule has 1 amide bonds. The van der Waals surface area contributed by atoms with Gasteiger partial charge in [0.15, 0.2) is 0 Å². The van der Waals surface area contributed by atoms with Gasteiger partial charge in [0.1, 0.15) is 5.88 Å². The second kappa shape index (κ2) is 4.56.